The van der Waals surface area contributed by atoms with Crippen molar-refractivity contribution in [3.8, 4) is 5.75 Å². The topological polar surface area (TPSA) is 35.2 Å². The van der Waals surface area contributed by atoms with E-state index in [4.69, 9.17) is 10.5 Å². The molecule has 2 nitrogen and oxygen atoms in total. The lowest BCUT2D eigenvalue weighted by molar-refractivity contribution is 0.340. The molecule has 0 radical (unpaired) electrons. The molecule has 0 amide bonds. The monoisotopic (exact) mass is 301 g/mol. The summed E-state index contributed by atoms with van der Waals surface area (Å²) in [4.78, 5) is 1.03. The average Bonchev–Trinajstić information content (AvgIpc) is 2.90. The molecular weight excluding hydrogens is 285 g/mol. The zero-order valence-corrected chi connectivity index (χ0v) is 12.5. The normalized spacial score (nSPS) is 12.5. The Morgan fingerprint density at radius 1 is 1.14 bits per heavy atom. The summed E-state index contributed by atoms with van der Waals surface area (Å²) in [5.41, 5.74) is 7.34. The summed E-state index contributed by atoms with van der Waals surface area (Å²) >= 11 is 1.53. The van der Waals surface area contributed by atoms with Crippen molar-refractivity contribution in [3.05, 3.63) is 64.8 Å². The van der Waals surface area contributed by atoms with E-state index in [1.54, 1.807) is 12.1 Å². The predicted octanol–water partition coefficient (Wildman–Crippen LogP) is 4.49. The van der Waals surface area contributed by atoms with Crippen molar-refractivity contribution in [2.75, 3.05) is 6.61 Å². The van der Waals surface area contributed by atoms with Gasteiger partial charge < -0.3 is 10.5 Å². The number of benzene rings is 2. The minimum atomic E-state index is -0.217. The summed E-state index contributed by atoms with van der Waals surface area (Å²) in [6.45, 7) is 2.60. The van der Waals surface area contributed by atoms with Crippen LogP contribution in [0, 0.1) is 5.82 Å². The van der Waals surface area contributed by atoms with E-state index in [1.807, 2.05) is 37.3 Å². The van der Waals surface area contributed by atoms with Crippen LogP contribution in [-0.4, -0.2) is 6.61 Å². The van der Waals surface area contributed by atoms with E-state index in [2.05, 4.69) is 0 Å². The molecule has 2 N–H and O–H groups in total. The number of halogens is 1. The molecule has 0 aliphatic rings. The lowest BCUT2D eigenvalue weighted by Gasteiger charge is -2.11. The summed E-state index contributed by atoms with van der Waals surface area (Å²) in [7, 11) is 0. The van der Waals surface area contributed by atoms with Gasteiger partial charge >= 0.3 is 0 Å². The van der Waals surface area contributed by atoms with Crippen molar-refractivity contribution in [2.45, 2.75) is 13.0 Å². The summed E-state index contributed by atoms with van der Waals surface area (Å²) in [5, 5.41) is 1.03. The number of ether oxygens (including phenoxy) is 1. The van der Waals surface area contributed by atoms with Crippen molar-refractivity contribution in [3.63, 3.8) is 0 Å². The fourth-order valence-corrected chi connectivity index (χ4v) is 3.40. The number of nitrogens with two attached hydrogens (primary N) is 1. The molecule has 0 bridgehead atoms. The van der Waals surface area contributed by atoms with Crippen LogP contribution in [0.5, 0.6) is 5.75 Å². The van der Waals surface area contributed by atoms with Crippen LogP contribution in [0.15, 0.2) is 48.5 Å². The van der Waals surface area contributed by atoms with Gasteiger partial charge in [0.15, 0.2) is 0 Å². The molecule has 3 aromatic rings. The Morgan fingerprint density at radius 3 is 2.62 bits per heavy atom. The van der Waals surface area contributed by atoms with Crippen LogP contribution in [0.3, 0.4) is 0 Å². The summed E-state index contributed by atoms with van der Waals surface area (Å²) in [6.07, 6.45) is 0. The third-order valence-corrected chi connectivity index (χ3v) is 4.54. The second-order valence-electron chi connectivity index (χ2n) is 4.81. The Balaban J connectivity index is 1.90. The number of rotatable bonds is 4. The molecule has 3 rings (SSSR count). The first-order chi connectivity index (χ1) is 10.2. The molecule has 4 heteroatoms. The zero-order chi connectivity index (χ0) is 14.8. The van der Waals surface area contributed by atoms with Crippen molar-refractivity contribution in [1.82, 2.24) is 0 Å². The molecule has 2 aromatic carbocycles. The third kappa shape index (κ3) is 2.91. The number of thiophene rings is 1. The lowest BCUT2D eigenvalue weighted by Crippen LogP contribution is -2.09. The second-order valence-corrected chi connectivity index (χ2v) is 5.93. The zero-order valence-electron chi connectivity index (χ0n) is 11.7. The summed E-state index contributed by atoms with van der Waals surface area (Å²) < 4.78 is 19.6. The first-order valence-corrected chi connectivity index (χ1v) is 7.66. The van der Waals surface area contributed by atoms with E-state index in [0.29, 0.717) is 6.61 Å². The molecule has 0 saturated carbocycles. The Kier molecular flexibility index (Phi) is 3.90. The molecule has 1 unspecified atom stereocenters. The molecule has 1 atom stereocenters. The van der Waals surface area contributed by atoms with Gasteiger partial charge in [0, 0.05) is 9.58 Å². The van der Waals surface area contributed by atoms with E-state index in [-0.39, 0.29) is 11.9 Å². The maximum absolute atomic E-state index is 13.2. The first-order valence-electron chi connectivity index (χ1n) is 6.84. The highest BCUT2D eigenvalue weighted by Gasteiger charge is 2.13. The Labute approximate surface area is 127 Å². The molecular formula is C17H16FNOS. The molecule has 1 aromatic heterocycles. The average molecular weight is 301 g/mol. The minimum Gasteiger partial charge on any atom is -0.494 e. The van der Waals surface area contributed by atoms with Gasteiger partial charge in [-0.1, -0.05) is 18.2 Å². The van der Waals surface area contributed by atoms with Crippen LogP contribution in [0.1, 0.15) is 23.4 Å². The van der Waals surface area contributed by atoms with E-state index < -0.39 is 0 Å². The first kappa shape index (κ1) is 14.0. The van der Waals surface area contributed by atoms with Crippen LogP contribution >= 0.6 is 11.3 Å². The molecule has 0 aliphatic heterocycles. The molecule has 0 fully saturated rings. The third-order valence-electron chi connectivity index (χ3n) is 3.36. The molecule has 0 saturated heterocycles. The van der Waals surface area contributed by atoms with Crippen molar-refractivity contribution in [1.29, 1.82) is 0 Å². The SMILES string of the molecule is CCOc1ccc(C(N)c2cc3ccc(F)cc3s2)cc1. The molecule has 108 valence electrons. The molecule has 1 heterocycles. The second kappa shape index (κ2) is 5.84. The molecule has 21 heavy (non-hydrogen) atoms. The smallest absolute Gasteiger partial charge is 0.124 e. The van der Waals surface area contributed by atoms with Gasteiger partial charge in [-0.15, -0.1) is 11.3 Å². The number of fused-ring (bicyclic) bond motifs is 1. The van der Waals surface area contributed by atoms with Gasteiger partial charge in [-0.25, -0.2) is 4.39 Å². The summed E-state index contributed by atoms with van der Waals surface area (Å²) in [5.74, 6) is 0.623. The Bertz CT molecular complexity index is 751. The van der Waals surface area contributed by atoms with Crippen molar-refractivity contribution >= 4 is 21.4 Å². The van der Waals surface area contributed by atoms with E-state index in [1.165, 1.54) is 17.4 Å². The van der Waals surface area contributed by atoms with Crippen LogP contribution in [0.2, 0.25) is 0 Å². The van der Waals surface area contributed by atoms with Gasteiger partial charge in [-0.3, -0.25) is 0 Å². The minimum absolute atomic E-state index is 0.207. The Morgan fingerprint density at radius 2 is 1.90 bits per heavy atom. The summed E-state index contributed by atoms with van der Waals surface area (Å²) in [6, 6.07) is 14.4. The van der Waals surface area contributed by atoms with E-state index in [9.17, 15) is 4.39 Å². The van der Waals surface area contributed by atoms with Gasteiger partial charge in [0.25, 0.3) is 0 Å². The van der Waals surface area contributed by atoms with Gasteiger partial charge in [-0.2, -0.15) is 0 Å². The predicted molar refractivity (Wildman–Crippen MR) is 85.4 cm³/mol. The maximum Gasteiger partial charge on any atom is 0.124 e. The van der Waals surface area contributed by atoms with Crippen molar-refractivity contribution < 1.29 is 9.13 Å². The Hall–Kier alpha value is -1.91. The van der Waals surface area contributed by atoms with Crippen LogP contribution in [-0.2, 0) is 0 Å². The van der Waals surface area contributed by atoms with Gasteiger partial charge in [0.05, 0.1) is 12.6 Å². The largest absolute Gasteiger partial charge is 0.494 e. The fourth-order valence-electron chi connectivity index (χ4n) is 2.28. The van der Waals surface area contributed by atoms with E-state index >= 15 is 0 Å². The quantitative estimate of drug-likeness (QED) is 0.770. The molecule has 0 spiro atoms. The standard InChI is InChI=1S/C17H16FNOS/c1-2-20-14-7-4-11(5-8-14)17(19)16-9-12-3-6-13(18)10-15(12)21-16/h3-10,17H,2,19H2,1H3. The highest BCUT2D eigenvalue weighted by Crippen LogP contribution is 2.32. The highest BCUT2D eigenvalue weighted by molar-refractivity contribution is 7.19. The number of hydrogen-bond acceptors (Lipinski definition) is 3. The number of hydrogen-bond donors (Lipinski definition) is 1. The highest BCUT2D eigenvalue weighted by atomic mass is 32.1. The van der Waals surface area contributed by atoms with Crippen molar-refractivity contribution in [2.24, 2.45) is 5.73 Å². The van der Waals surface area contributed by atoms with Gasteiger partial charge in [0.2, 0.25) is 0 Å². The van der Waals surface area contributed by atoms with Crippen LogP contribution in [0.25, 0.3) is 10.1 Å². The van der Waals surface area contributed by atoms with Gasteiger partial charge in [-0.05, 0) is 48.2 Å². The van der Waals surface area contributed by atoms with Crippen LogP contribution < -0.4 is 10.5 Å². The molecule has 0 aliphatic carbocycles. The fraction of sp³-hybridized carbons (Fsp3) is 0.176. The van der Waals surface area contributed by atoms with Gasteiger partial charge in [0.1, 0.15) is 11.6 Å². The maximum atomic E-state index is 13.2. The van der Waals surface area contributed by atoms with E-state index in [0.717, 1.165) is 26.3 Å². The van der Waals surface area contributed by atoms with Crippen LogP contribution in [0.4, 0.5) is 4.39 Å². The lowest BCUT2D eigenvalue weighted by atomic mass is 10.1.